The van der Waals surface area contributed by atoms with Gasteiger partial charge in [-0.25, -0.2) is 0 Å². The summed E-state index contributed by atoms with van der Waals surface area (Å²) in [4.78, 5) is 0. The smallest absolute Gasteiger partial charge is 0.0227 e. The van der Waals surface area contributed by atoms with Gasteiger partial charge in [0.05, 0.1) is 0 Å². The second-order valence-electron chi connectivity index (χ2n) is 12.1. The third-order valence-electron chi connectivity index (χ3n) is 11.1. The van der Waals surface area contributed by atoms with Crippen molar-refractivity contribution in [3.8, 4) is 0 Å². The SMILES string of the molecule is CC1CC2(C(C)C)CC1C(C)(C)C(C)C1CCC34CC(C1)CC3C24. The van der Waals surface area contributed by atoms with E-state index in [9.17, 15) is 0 Å². The molecule has 0 amide bonds. The van der Waals surface area contributed by atoms with E-state index in [1.807, 2.05) is 0 Å². The van der Waals surface area contributed by atoms with Crippen LogP contribution in [0.25, 0.3) is 0 Å². The Morgan fingerprint density at radius 2 is 1.67 bits per heavy atom. The van der Waals surface area contributed by atoms with Crippen molar-refractivity contribution in [2.75, 3.05) is 0 Å². The monoisotopic (exact) mass is 328 g/mol. The molecule has 5 aliphatic carbocycles. The lowest BCUT2D eigenvalue weighted by Crippen LogP contribution is -2.38. The minimum atomic E-state index is 0.532. The van der Waals surface area contributed by atoms with Gasteiger partial charge in [-0.3, -0.25) is 0 Å². The first-order chi connectivity index (χ1) is 11.2. The average Bonchev–Trinajstić information content (AvgIpc) is 2.81. The highest BCUT2D eigenvalue weighted by molar-refractivity contribution is 5.24. The largest absolute Gasteiger partial charge is 0.0622 e. The molecule has 0 N–H and O–H groups in total. The highest BCUT2D eigenvalue weighted by atomic mass is 14.8. The number of fused-ring (bicyclic) bond motifs is 7. The van der Waals surface area contributed by atoms with Crippen molar-refractivity contribution in [1.82, 2.24) is 0 Å². The molecule has 0 aromatic heterocycles. The molecule has 136 valence electrons. The molecule has 0 aromatic rings. The Morgan fingerprint density at radius 1 is 0.917 bits per heavy atom. The number of rotatable bonds is 1. The third kappa shape index (κ3) is 1.72. The maximum atomic E-state index is 2.66. The van der Waals surface area contributed by atoms with E-state index in [0.717, 1.165) is 52.8 Å². The van der Waals surface area contributed by atoms with Gasteiger partial charge in [0.1, 0.15) is 0 Å². The second-order valence-corrected chi connectivity index (χ2v) is 12.1. The predicted octanol–water partition coefficient (Wildman–Crippen LogP) is 6.79. The quantitative estimate of drug-likeness (QED) is 0.497. The maximum Gasteiger partial charge on any atom is -0.0227 e. The Hall–Kier alpha value is 0. The summed E-state index contributed by atoms with van der Waals surface area (Å²) in [5.74, 6) is 8.06. The van der Waals surface area contributed by atoms with Crippen molar-refractivity contribution in [1.29, 1.82) is 0 Å². The molecular weight excluding hydrogens is 288 g/mol. The Balaban J connectivity index is 1.65. The van der Waals surface area contributed by atoms with E-state index in [4.69, 9.17) is 0 Å². The van der Waals surface area contributed by atoms with Gasteiger partial charge < -0.3 is 0 Å². The Bertz CT molecular complexity index is 544. The van der Waals surface area contributed by atoms with Crippen LogP contribution in [0.1, 0.15) is 86.5 Å². The van der Waals surface area contributed by atoms with E-state index in [1.54, 1.807) is 44.9 Å². The summed E-state index contributed by atoms with van der Waals surface area (Å²) < 4.78 is 0. The molecule has 0 radical (unpaired) electrons. The molecule has 9 atom stereocenters. The van der Waals surface area contributed by atoms with Gasteiger partial charge >= 0.3 is 0 Å². The van der Waals surface area contributed by atoms with Gasteiger partial charge in [-0.1, -0.05) is 41.5 Å². The molecular formula is C24H40. The van der Waals surface area contributed by atoms with Gasteiger partial charge in [-0.2, -0.15) is 0 Å². The molecule has 5 saturated carbocycles. The molecule has 5 rings (SSSR count). The molecule has 5 fully saturated rings. The Morgan fingerprint density at radius 3 is 2.38 bits per heavy atom. The van der Waals surface area contributed by atoms with Crippen LogP contribution in [0.3, 0.4) is 0 Å². The van der Waals surface area contributed by atoms with E-state index in [2.05, 4.69) is 41.5 Å². The Kier molecular flexibility index (Phi) is 3.13. The van der Waals surface area contributed by atoms with E-state index in [1.165, 1.54) is 0 Å². The second kappa shape index (κ2) is 4.64. The summed E-state index contributed by atoms with van der Waals surface area (Å²) in [5, 5.41) is 0. The van der Waals surface area contributed by atoms with Crippen molar-refractivity contribution in [3.05, 3.63) is 0 Å². The number of hydrogen-bond donors (Lipinski definition) is 0. The van der Waals surface area contributed by atoms with Gasteiger partial charge in [0, 0.05) is 0 Å². The standard InChI is InChI=1S/C24H40/c1-14(2)24-11-15(3)20(13-24)22(5,6)16(4)18-7-8-23-12-17(9-18)10-19(23)21(23)24/h14-21H,7-13H2,1-6H3. The van der Waals surface area contributed by atoms with E-state index >= 15 is 0 Å². The van der Waals surface area contributed by atoms with Crippen LogP contribution in [0.4, 0.5) is 0 Å². The van der Waals surface area contributed by atoms with Crippen LogP contribution in [-0.4, -0.2) is 0 Å². The summed E-state index contributed by atoms with van der Waals surface area (Å²) in [6, 6.07) is 0. The summed E-state index contributed by atoms with van der Waals surface area (Å²) in [6.07, 6.45) is 11.1. The van der Waals surface area contributed by atoms with Crippen LogP contribution in [-0.2, 0) is 0 Å². The minimum absolute atomic E-state index is 0.532. The fraction of sp³-hybridized carbons (Fsp3) is 1.00. The fourth-order valence-corrected chi connectivity index (χ4v) is 9.72. The molecule has 0 aromatic carbocycles. The van der Waals surface area contributed by atoms with Crippen LogP contribution >= 0.6 is 0 Å². The fourth-order valence-electron chi connectivity index (χ4n) is 9.72. The molecule has 24 heavy (non-hydrogen) atoms. The molecule has 0 nitrogen and oxygen atoms in total. The maximum absolute atomic E-state index is 2.66. The van der Waals surface area contributed by atoms with Crippen LogP contribution in [0.2, 0.25) is 0 Å². The van der Waals surface area contributed by atoms with E-state index in [-0.39, 0.29) is 0 Å². The van der Waals surface area contributed by atoms with Crippen molar-refractivity contribution < 1.29 is 0 Å². The van der Waals surface area contributed by atoms with Gasteiger partial charge in [0.2, 0.25) is 0 Å². The van der Waals surface area contributed by atoms with Crippen LogP contribution in [0.15, 0.2) is 0 Å². The molecule has 1 spiro atoms. The zero-order chi connectivity index (χ0) is 17.1. The lowest BCUT2D eigenvalue weighted by atomic mass is 9.60. The molecule has 0 aliphatic heterocycles. The third-order valence-corrected chi connectivity index (χ3v) is 11.1. The summed E-state index contributed by atoms with van der Waals surface area (Å²) in [5.41, 5.74) is 2.04. The van der Waals surface area contributed by atoms with Gasteiger partial charge in [-0.05, 0) is 109 Å². The first kappa shape index (κ1) is 16.2. The Labute approximate surface area is 150 Å². The predicted molar refractivity (Wildman–Crippen MR) is 102 cm³/mol. The first-order valence-electron chi connectivity index (χ1n) is 11.2. The highest BCUT2D eigenvalue weighted by Crippen LogP contribution is 2.83. The topological polar surface area (TPSA) is 0 Å². The average molecular weight is 329 g/mol. The zero-order valence-corrected chi connectivity index (χ0v) is 17.1. The van der Waals surface area contributed by atoms with Crippen LogP contribution in [0.5, 0.6) is 0 Å². The molecule has 0 saturated heterocycles. The first-order valence-corrected chi connectivity index (χ1v) is 11.2. The normalized spacial score (nSPS) is 60.4. The van der Waals surface area contributed by atoms with Crippen LogP contribution in [0, 0.1) is 63.6 Å². The van der Waals surface area contributed by atoms with Gasteiger partial charge in [-0.15, -0.1) is 0 Å². The lowest BCUT2D eigenvalue weighted by molar-refractivity contribution is 0.0353. The molecule has 5 aliphatic rings. The summed E-state index contributed by atoms with van der Waals surface area (Å²) >= 11 is 0. The van der Waals surface area contributed by atoms with Crippen molar-refractivity contribution in [3.63, 3.8) is 0 Å². The van der Waals surface area contributed by atoms with Crippen molar-refractivity contribution in [2.24, 2.45) is 63.6 Å². The summed E-state index contributed by atoms with van der Waals surface area (Å²) in [7, 11) is 0. The minimum Gasteiger partial charge on any atom is -0.0622 e. The highest BCUT2D eigenvalue weighted by Gasteiger charge is 2.76. The molecule has 5 bridgehead atoms. The molecule has 9 unspecified atom stereocenters. The zero-order valence-electron chi connectivity index (χ0n) is 17.1. The molecule has 0 heterocycles. The number of hydrogen-bond acceptors (Lipinski definition) is 0. The van der Waals surface area contributed by atoms with Crippen molar-refractivity contribution >= 4 is 0 Å². The van der Waals surface area contributed by atoms with Gasteiger partial charge in [0.15, 0.2) is 0 Å². The summed E-state index contributed by atoms with van der Waals surface area (Å²) in [6.45, 7) is 15.7. The van der Waals surface area contributed by atoms with E-state index in [0.29, 0.717) is 10.8 Å². The van der Waals surface area contributed by atoms with E-state index < -0.39 is 0 Å². The molecule has 0 heteroatoms. The van der Waals surface area contributed by atoms with Gasteiger partial charge in [0.25, 0.3) is 0 Å². The van der Waals surface area contributed by atoms with Crippen LogP contribution < -0.4 is 0 Å². The van der Waals surface area contributed by atoms with Crippen molar-refractivity contribution in [2.45, 2.75) is 86.5 Å². The lowest BCUT2D eigenvalue weighted by Gasteiger charge is -2.45.